The van der Waals surface area contributed by atoms with Crippen molar-refractivity contribution in [2.75, 3.05) is 13.1 Å². The number of nitrogens with zero attached hydrogens (tertiary/aromatic N) is 3. The van der Waals surface area contributed by atoms with Crippen molar-refractivity contribution < 1.29 is 4.79 Å². The highest BCUT2D eigenvalue weighted by atomic mass is 32.1. The van der Waals surface area contributed by atoms with Gasteiger partial charge in [-0.3, -0.25) is 4.40 Å². The van der Waals surface area contributed by atoms with Gasteiger partial charge in [0.1, 0.15) is 6.33 Å². The zero-order valence-corrected chi connectivity index (χ0v) is 12.3. The van der Waals surface area contributed by atoms with Crippen LogP contribution >= 0.6 is 11.3 Å². The number of fused-ring (bicyclic) bond motifs is 1. The molecule has 2 aromatic rings. The van der Waals surface area contributed by atoms with Gasteiger partial charge in [0.15, 0.2) is 0 Å². The summed E-state index contributed by atoms with van der Waals surface area (Å²) in [5.41, 5.74) is 1.21. The van der Waals surface area contributed by atoms with Crippen LogP contribution in [-0.2, 0) is 6.42 Å². The van der Waals surface area contributed by atoms with Gasteiger partial charge in [-0.1, -0.05) is 20.8 Å². The third kappa shape index (κ3) is 3.92. The maximum absolute atomic E-state index is 11.6. The SMILES string of the molecule is CC(C)(C)CNC(=O)NCCc1csc2nncn12. The maximum atomic E-state index is 11.6. The zero-order chi connectivity index (χ0) is 13.9. The Hall–Kier alpha value is -1.63. The first-order valence-electron chi connectivity index (χ1n) is 6.23. The summed E-state index contributed by atoms with van der Waals surface area (Å²) in [5.74, 6) is 0. The third-order valence-corrected chi connectivity index (χ3v) is 3.45. The monoisotopic (exact) mass is 281 g/mol. The summed E-state index contributed by atoms with van der Waals surface area (Å²) < 4.78 is 1.94. The molecule has 2 amide bonds. The molecule has 0 saturated heterocycles. The minimum atomic E-state index is -0.120. The van der Waals surface area contributed by atoms with Crippen LogP contribution < -0.4 is 10.6 Å². The first kappa shape index (κ1) is 13.8. The Labute approximate surface area is 116 Å². The average Bonchev–Trinajstić information content (AvgIpc) is 2.90. The molecule has 0 aliphatic rings. The van der Waals surface area contributed by atoms with Crippen molar-refractivity contribution in [3.05, 3.63) is 17.4 Å². The van der Waals surface area contributed by atoms with E-state index in [0.717, 1.165) is 17.1 Å². The zero-order valence-electron chi connectivity index (χ0n) is 11.4. The van der Waals surface area contributed by atoms with E-state index in [4.69, 9.17) is 0 Å². The van der Waals surface area contributed by atoms with Crippen molar-refractivity contribution in [2.45, 2.75) is 27.2 Å². The minimum absolute atomic E-state index is 0.0966. The molecule has 2 rings (SSSR count). The second kappa shape index (κ2) is 5.56. The Morgan fingerprint density at radius 3 is 2.95 bits per heavy atom. The Bertz CT molecular complexity index is 554. The van der Waals surface area contributed by atoms with Crippen LogP contribution in [0.4, 0.5) is 4.79 Å². The predicted molar refractivity (Wildman–Crippen MR) is 75.4 cm³/mol. The number of carbonyl (C=O) groups excluding carboxylic acids is 1. The fraction of sp³-hybridized carbons (Fsp3) is 0.583. The predicted octanol–water partition coefficient (Wildman–Crippen LogP) is 1.68. The number of aromatic nitrogens is 3. The summed E-state index contributed by atoms with van der Waals surface area (Å²) in [7, 11) is 0. The summed E-state index contributed by atoms with van der Waals surface area (Å²) >= 11 is 1.55. The van der Waals surface area contributed by atoms with E-state index >= 15 is 0 Å². The molecule has 0 fully saturated rings. The van der Waals surface area contributed by atoms with Gasteiger partial charge < -0.3 is 10.6 Å². The molecule has 19 heavy (non-hydrogen) atoms. The number of rotatable bonds is 4. The number of hydrogen-bond donors (Lipinski definition) is 2. The molecule has 2 N–H and O–H groups in total. The molecule has 6 nitrogen and oxygen atoms in total. The lowest BCUT2D eigenvalue weighted by Crippen LogP contribution is -2.40. The van der Waals surface area contributed by atoms with Crippen molar-refractivity contribution in [1.29, 1.82) is 0 Å². The smallest absolute Gasteiger partial charge is 0.314 e. The highest BCUT2D eigenvalue weighted by Crippen LogP contribution is 2.13. The Morgan fingerprint density at radius 2 is 2.21 bits per heavy atom. The Kier molecular flexibility index (Phi) is 4.04. The molecule has 2 aromatic heterocycles. The Morgan fingerprint density at radius 1 is 1.42 bits per heavy atom. The molecule has 7 heteroatoms. The van der Waals surface area contributed by atoms with Gasteiger partial charge in [-0.2, -0.15) is 0 Å². The molecule has 2 heterocycles. The summed E-state index contributed by atoms with van der Waals surface area (Å²) in [6, 6.07) is -0.120. The van der Waals surface area contributed by atoms with E-state index in [9.17, 15) is 4.79 Å². The van der Waals surface area contributed by atoms with E-state index < -0.39 is 0 Å². The lowest BCUT2D eigenvalue weighted by molar-refractivity contribution is 0.235. The van der Waals surface area contributed by atoms with E-state index in [1.54, 1.807) is 17.7 Å². The van der Waals surface area contributed by atoms with E-state index in [-0.39, 0.29) is 11.4 Å². The van der Waals surface area contributed by atoms with Crippen molar-refractivity contribution in [2.24, 2.45) is 5.41 Å². The van der Waals surface area contributed by atoms with Crippen molar-refractivity contribution in [3.63, 3.8) is 0 Å². The van der Waals surface area contributed by atoms with Gasteiger partial charge in [0.05, 0.1) is 0 Å². The molecular formula is C12H19N5OS. The number of carbonyl (C=O) groups is 1. The molecule has 0 aliphatic heterocycles. The van der Waals surface area contributed by atoms with Crippen LogP contribution in [0.5, 0.6) is 0 Å². The van der Waals surface area contributed by atoms with Crippen LogP contribution in [-0.4, -0.2) is 33.7 Å². The van der Waals surface area contributed by atoms with Crippen LogP contribution in [0.3, 0.4) is 0 Å². The van der Waals surface area contributed by atoms with Gasteiger partial charge in [0.25, 0.3) is 0 Å². The number of amides is 2. The normalized spacial score (nSPS) is 11.7. The third-order valence-electron chi connectivity index (χ3n) is 2.57. The van der Waals surface area contributed by atoms with E-state index in [1.807, 2.05) is 9.78 Å². The summed E-state index contributed by atoms with van der Waals surface area (Å²) in [6.45, 7) is 7.51. The van der Waals surface area contributed by atoms with Gasteiger partial charge in [-0.05, 0) is 5.41 Å². The van der Waals surface area contributed by atoms with Crippen LogP contribution in [0.15, 0.2) is 11.7 Å². The standard InChI is InChI=1S/C12H19N5OS/c1-12(2,3)7-14-10(18)13-5-4-9-6-19-11-16-15-8-17(9)11/h6,8H,4-5,7H2,1-3H3,(H2,13,14,18). The molecular weight excluding hydrogens is 262 g/mol. The Balaban J connectivity index is 1.75. The molecule has 0 aromatic carbocycles. The van der Waals surface area contributed by atoms with Crippen molar-refractivity contribution in [3.8, 4) is 0 Å². The van der Waals surface area contributed by atoms with Gasteiger partial charge >= 0.3 is 6.03 Å². The molecule has 0 bridgehead atoms. The average molecular weight is 281 g/mol. The lowest BCUT2D eigenvalue weighted by atomic mass is 9.97. The largest absolute Gasteiger partial charge is 0.338 e. The van der Waals surface area contributed by atoms with E-state index in [1.165, 1.54) is 0 Å². The topological polar surface area (TPSA) is 71.3 Å². The van der Waals surface area contributed by atoms with E-state index in [0.29, 0.717) is 13.1 Å². The van der Waals surface area contributed by atoms with Gasteiger partial charge in [-0.15, -0.1) is 21.5 Å². The van der Waals surface area contributed by atoms with Crippen LogP contribution in [0.1, 0.15) is 26.5 Å². The second-order valence-corrected chi connectivity index (χ2v) is 6.47. The number of hydrogen-bond acceptors (Lipinski definition) is 4. The molecule has 0 spiro atoms. The minimum Gasteiger partial charge on any atom is -0.338 e. The summed E-state index contributed by atoms with van der Waals surface area (Å²) in [5, 5.41) is 15.6. The number of thiazole rings is 1. The molecule has 0 saturated carbocycles. The van der Waals surface area contributed by atoms with Crippen LogP contribution in [0, 0.1) is 5.41 Å². The highest BCUT2D eigenvalue weighted by Gasteiger charge is 2.11. The molecule has 0 radical (unpaired) electrons. The van der Waals surface area contributed by atoms with Gasteiger partial charge in [0.2, 0.25) is 4.96 Å². The molecule has 104 valence electrons. The number of urea groups is 1. The first-order chi connectivity index (χ1) is 8.96. The fourth-order valence-electron chi connectivity index (χ4n) is 1.57. The van der Waals surface area contributed by atoms with Crippen LogP contribution in [0.25, 0.3) is 4.96 Å². The van der Waals surface area contributed by atoms with Gasteiger partial charge in [0, 0.05) is 30.6 Å². The molecule has 0 aliphatic carbocycles. The molecule has 0 atom stereocenters. The highest BCUT2D eigenvalue weighted by molar-refractivity contribution is 7.15. The molecule has 0 unspecified atom stereocenters. The van der Waals surface area contributed by atoms with Crippen LogP contribution in [0.2, 0.25) is 0 Å². The first-order valence-corrected chi connectivity index (χ1v) is 7.11. The summed E-state index contributed by atoms with van der Waals surface area (Å²) in [6.07, 6.45) is 2.46. The van der Waals surface area contributed by atoms with Crippen molar-refractivity contribution >= 4 is 22.3 Å². The van der Waals surface area contributed by atoms with Gasteiger partial charge in [-0.25, -0.2) is 4.79 Å². The fourth-order valence-corrected chi connectivity index (χ4v) is 2.42. The quantitative estimate of drug-likeness (QED) is 0.895. The number of nitrogens with one attached hydrogen (secondary N) is 2. The van der Waals surface area contributed by atoms with Crippen molar-refractivity contribution in [1.82, 2.24) is 25.2 Å². The van der Waals surface area contributed by atoms with E-state index in [2.05, 4.69) is 41.6 Å². The lowest BCUT2D eigenvalue weighted by Gasteiger charge is -2.18. The summed E-state index contributed by atoms with van der Waals surface area (Å²) in [4.78, 5) is 12.5. The second-order valence-electron chi connectivity index (χ2n) is 5.63. The maximum Gasteiger partial charge on any atom is 0.314 e.